The van der Waals surface area contributed by atoms with Crippen LogP contribution in [0.1, 0.15) is 50.1 Å². The maximum absolute atomic E-state index is 12.8. The predicted octanol–water partition coefficient (Wildman–Crippen LogP) is 2.50. The maximum atomic E-state index is 12.8. The molecule has 2 aromatic heterocycles. The van der Waals surface area contributed by atoms with Crippen molar-refractivity contribution in [1.29, 1.82) is 5.26 Å². The molecule has 1 N–H and O–H groups in total. The molecule has 2 fully saturated rings. The molecule has 32 heavy (non-hydrogen) atoms. The molecule has 13 heteroatoms. The van der Waals surface area contributed by atoms with Crippen molar-refractivity contribution in [3.8, 4) is 6.07 Å². The van der Waals surface area contributed by atoms with E-state index in [0.717, 1.165) is 25.7 Å². The zero-order chi connectivity index (χ0) is 23.1. The van der Waals surface area contributed by atoms with Gasteiger partial charge in [-0.15, -0.1) is 0 Å². The van der Waals surface area contributed by atoms with Gasteiger partial charge in [0.1, 0.15) is 17.3 Å². The molecule has 0 amide bonds. The number of alkyl halides is 3. The van der Waals surface area contributed by atoms with E-state index in [1.807, 2.05) is 6.07 Å². The number of sulfonamides is 1. The van der Waals surface area contributed by atoms with Gasteiger partial charge in [0.2, 0.25) is 5.95 Å². The van der Waals surface area contributed by atoms with Crippen LogP contribution in [0.2, 0.25) is 0 Å². The first-order valence-corrected chi connectivity index (χ1v) is 11.7. The van der Waals surface area contributed by atoms with Crippen LogP contribution >= 0.6 is 0 Å². The monoisotopic (exact) mass is 470 g/mol. The van der Waals surface area contributed by atoms with Crippen LogP contribution in [0.4, 0.5) is 19.1 Å². The van der Waals surface area contributed by atoms with E-state index in [1.54, 1.807) is 4.57 Å². The third-order valence-electron chi connectivity index (χ3n) is 6.00. The van der Waals surface area contributed by atoms with E-state index >= 15 is 0 Å². The number of halogens is 3. The molecule has 1 aliphatic carbocycles. The van der Waals surface area contributed by atoms with Crippen LogP contribution in [-0.4, -0.2) is 51.9 Å². The molecule has 0 unspecified atom stereocenters. The summed E-state index contributed by atoms with van der Waals surface area (Å²) in [5.41, 5.74) is -5.30. The average Bonchev–Trinajstić information content (AvgIpc) is 3.27. The van der Waals surface area contributed by atoms with Gasteiger partial charge in [-0.1, -0.05) is 12.8 Å². The van der Waals surface area contributed by atoms with E-state index in [1.165, 1.54) is 12.3 Å². The summed E-state index contributed by atoms with van der Waals surface area (Å²) in [6.07, 6.45) is 5.38. The number of rotatable bonds is 4. The molecule has 2 aliphatic rings. The van der Waals surface area contributed by atoms with Crippen LogP contribution in [0.3, 0.4) is 0 Å². The van der Waals surface area contributed by atoms with Crippen molar-refractivity contribution in [2.24, 2.45) is 0 Å². The number of hydrogen-bond donors (Lipinski definition) is 1. The van der Waals surface area contributed by atoms with Gasteiger partial charge in [-0.25, -0.2) is 13.4 Å². The Hall–Kier alpha value is -2.72. The summed E-state index contributed by atoms with van der Waals surface area (Å²) in [7, 11) is -5.34. The lowest BCUT2D eigenvalue weighted by Crippen LogP contribution is -2.47. The molecule has 172 valence electrons. The number of anilines is 1. The van der Waals surface area contributed by atoms with Crippen molar-refractivity contribution in [3.05, 3.63) is 28.2 Å². The second kappa shape index (κ2) is 8.32. The standard InChI is InChI=1S/C19H21F3N6O3S/c20-19(21,22)32(30,31)27-7-5-14(6-8-27)25-18-24-11-13-9-12(10-23)17(29)28(16(13)26-18)15-3-1-2-4-15/h9,11,14-15H,1-8H2,(H,24,25,26). The van der Waals surface area contributed by atoms with Crippen molar-refractivity contribution in [1.82, 2.24) is 18.8 Å². The Bertz CT molecular complexity index is 1220. The topological polar surface area (TPSA) is 121 Å². The highest BCUT2D eigenvalue weighted by molar-refractivity contribution is 7.90. The van der Waals surface area contributed by atoms with Gasteiger partial charge in [-0.3, -0.25) is 9.36 Å². The van der Waals surface area contributed by atoms with Crippen LogP contribution < -0.4 is 10.9 Å². The third kappa shape index (κ3) is 4.04. The van der Waals surface area contributed by atoms with E-state index in [0.29, 0.717) is 15.3 Å². The van der Waals surface area contributed by atoms with Crippen molar-refractivity contribution < 1.29 is 21.6 Å². The van der Waals surface area contributed by atoms with Crippen LogP contribution in [0.25, 0.3) is 11.0 Å². The van der Waals surface area contributed by atoms with E-state index in [-0.39, 0.29) is 49.5 Å². The summed E-state index contributed by atoms with van der Waals surface area (Å²) in [5.74, 6) is 0.200. The number of nitrogens with one attached hydrogen (secondary N) is 1. The molecule has 1 saturated carbocycles. The summed E-state index contributed by atoms with van der Waals surface area (Å²) < 4.78 is 63.4. The minimum Gasteiger partial charge on any atom is -0.351 e. The highest BCUT2D eigenvalue weighted by atomic mass is 32.2. The second-order valence-electron chi connectivity index (χ2n) is 8.02. The molecule has 3 heterocycles. The van der Waals surface area contributed by atoms with Crippen LogP contribution in [0.15, 0.2) is 17.1 Å². The fraction of sp³-hybridized carbons (Fsp3) is 0.579. The molecule has 0 spiro atoms. The lowest BCUT2D eigenvalue weighted by atomic mass is 10.1. The van der Waals surface area contributed by atoms with Crippen molar-refractivity contribution >= 4 is 27.0 Å². The zero-order valence-electron chi connectivity index (χ0n) is 17.0. The SMILES string of the molecule is N#Cc1cc2cnc(NC3CCN(S(=O)(=O)C(F)(F)F)CC3)nc2n(C2CCCC2)c1=O. The fourth-order valence-corrected chi connectivity index (χ4v) is 5.32. The summed E-state index contributed by atoms with van der Waals surface area (Å²) >= 11 is 0. The van der Waals surface area contributed by atoms with Crippen molar-refractivity contribution in [2.45, 2.75) is 56.1 Å². The van der Waals surface area contributed by atoms with Crippen LogP contribution in [-0.2, 0) is 10.0 Å². The Balaban J connectivity index is 1.57. The normalized spacial score (nSPS) is 19.3. The molecule has 9 nitrogen and oxygen atoms in total. The molecule has 0 atom stereocenters. The van der Waals surface area contributed by atoms with Crippen molar-refractivity contribution in [3.63, 3.8) is 0 Å². The smallest absolute Gasteiger partial charge is 0.351 e. The van der Waals surface area contributed by atoms with Crippen LogP contribution in [0, 0.1) is 11.3 Å². The largest absolute Gasteiger partial charge is 0.511 e. The van der Waals surface area contributed by atoms with Gasteiger partial charge in [0.05, 0.1) is 0 Å². The number of pyridine rings is 1. The zero-order valence-corrected chi connectivity index (χ0v) is 17.8. The number of nitrogens with zero attached hydrogens (tertiary/aromatic N) is 5. The minimum absolute atomic E-state index is 0.0203. The van der Waals surface area contributed by atoms with Gasteiger partial charge < -0.3 is 5.32 Å². The lowest BCUT2D eigenvalue weighted by Gasteiger charge is -2.31. The van der Waals surface area contributed by atoms with Gasteiger partial charge >= 0.3 is 15.5 Å². The first kappa shape index (κ1) is 22.5. The van der Waals surface area contributed by atoms with Crippen LogP contribution in [0.5, 0.6) is 0 Å². The minimum atomic E-state index is -5.34. The van der Waals surface area contributed by atoms with E-state index < -0.39 is 21.1 Å². The Kier molecular flexibility index (Phi) is 5.85. The predicted molar refractivity (Wildman–Crippen MR) is 109 cm³/mol. The average molecular weight is 470 g/mol. The summed E-state index contributed by atoms with van der Waals surface area (Å²) in [6.45, 7) is -0.545. The van der Waals surface area contributed by atoms with E-state index in [2.05, 4.69) is 15.3 Å². The van der Waals surface area contributed by atoms with Gasteiger partial charge in [0.15, 0.2) is 0 Å². The molecular weight excluding hydrogens is 449 g/mol. The molecule has 0 bridgehead atoms. The molecule has 4 rings (SSSR count). The maximum Gasteiger partial charge on any atom is 0.511 e. The Morgan fingerprint density at radius 1 is 1.16 bits per heavy atom. The molecule has 1 saturated heterocycles. The lowest BCUT2D eigenvalue weighted by molar-refractivity contribution is -0.0494. The molecule has 1 aliphatic heterocycles. The fourth-order valence-electron chi connectivity index (χ4n) is 4.34. The van der Waals surface area contributed by atoms with Gasteiger partial charge in [-0.05, 0) is 31.7 Å². The highest BCUT2D eigenvalue weighted by Crippen LogP contribution is 2.31. The Morgan fingerprint density at radius 2 is 1.81 bits per heavy atom. The molecule has 0 radical (unpaired) electrons. The highest BCUT2D eigenvalue weighted by Gasteiger charge is 2.50. The molecule has 2 aromatic rings. The number of nitriles is 1. The second-order valence-corrected chi connectivity index (χ2v) is 9.95. The molecular formula is C19H21F3N6O3S. The molecule has 0 aromatic carbocycles. The summed E-state index contributed by atoms with van der Waals surface area (Å²) in [5, 5.41) is 12.9. The van der Waals surface area contributed by atoms with Crippen molar-refractivity contribution in [2.75, 3.05) is 18.4 Å². The van der Waals surface area contributed by atoms with Gasteiger partial charge in [0, 0.05) is 36.8 Å². The van der Waals surface area contributed by atoms with Gasteiger partial charge in [0.25, 0.3) is 5.56 Å². The number of fused-ring (bicyclic) bond motifs is 1. The Labute approximate surface area is 181 Å². The Morgan fingerprint density at radius 3 is 2.41 bits per heavy atom. The first-order chi connectivity index (χ1) is 15.1. The number of piperidine rings is 1. The van der Waals surface area contributed by atoms with E-state index in [4.69, 9.17) is 0 Å². The summed E-state index contributed by atoms with van der Waals surface area (Å²) in [6, 6.07) is 2.99. The number of aromatic nitrogens is 3. The quantitative estimate of drug-likeness (QED) is 0.729. The number of hydrogen-bond acceptors (Lipinski definition) is 7. The summed E-state index contributed by atoms with van der Waals surface area (Å²) in [4.78, 5) is 21.5. The van der Waals surface area contributed by atoms with E-state index in [9.17, 15) is 31.6 Å². The first-order valence-electron chi connectivity index (χ1n) is 10.3. The third-order valence-corrected chi connectivity index (χ3v) is 7.63. The van der Waals surface area contributed by atoms with Gasteiger partial charge in [-0.2, -0.15) is 27.7 Å².